The number of piperazine rings is 1. The first-order valence-corrected chi connectivity index (χ1v) is 5.68. The first-order chi connectivity index (χ1) is 6.99. The fourth-order valence-electron chi connectivity index (χ4n) is 1.17. The van der Waals surface area contributed by atoms with E-state index >= 15 is 0 Å². The lowest BCUT2D eigenvalue weighted by Gasteiger charge is -2.30. The van der Waals surface area contributed by atoms with Gasteiger partial charge in [0.05, 0.1) is 0 Å². The molecule has 4 nitrogen and oxygen atoms in total. The van der Waals surface area contributed by atoms with E-state index in [9.17, 15) is 4.79 Å². The van der Waals surface area contributed by atoms with Crippen LogP contribution >= 0.6 is 0 Å². The number of nitrogens with zero attached hydrogens (tertiary/aromatic N) is 1. The molecule has 1 aliphatic heterocycles. The molecule has 1 N–H and O–H groups in total. The van der Waals surface area contributed by atoms with Gasteiger partial charge < -0.3 is 15.0 Å². The van der Waals surface area contributed by atoms with Crippen LogP contribution in [0.25, 0.3) is 0 Å². The normalized spacial score (nSPS) is 16.5. The average molecular weight is 218 g/mol. The van der Waals surface area contributed by atoms with Crippen molar-refractivity contribution in [3.8, 4) is 0 Å². The summed E-state index contributed by atoms with van der Waals surface area (Å²) in [6.45, 7) is 12.9. The van der Waals surface area contributed by atoms with E-state index < -0.39 is 0 Å². The maximum Gasteiger partial charge on any atom is 0.410 e. The minimum atomic E-state index is -0.387. The quantitative estimate of drug-likeness (QED) is 0.677. The molecule has 0 spiro atoms. The van der Waals surface area contributed by atoms with Crippen LogP contribution in [0.1, 0.15) is 36.0 Å². The highest BCUT2D eigenvalue weighted by molar-refractivity contribution is 5.68. The minimum Gasteiger partial charge on any atom is -0.444 e. The summed E-state index contributed by atoms with van der Waals surface area (Å²) in [7, 11) is 0. The van der Waals surface area contributed by atoms with Crippen molar-refractivity contribution in [1.82, 2.24) is 10.2 Å². The average Bonchev–Trinajstić information content (AvgIpc) is 2.20. The van der Waals surface area contributed by atoms with Gasteiger partial charge in [0.1, 0.15) is 5.60 Å². The van der Waals surface area contributed by atoms with Gasteiger partial charge in [0.25, 0.3) is 0 Å². The van der Waals surface area contributed by atoms with Crippen molar-refractivity contribution in [3.63, 3.8) is 0 Å². The number of hydrogen-bond donors (Lipinski definition) is 1. The van der Waals surface area contributed by atoms with Crippen LogP contribution < -0.4 is 5.32 Å². The largest absolute Gasteiger partial charge is 0.444 e. The van der Waals surface area contributed by atoms with E-state index in [1.165, 1.54) is 0 Å². The maximum absolute atomic E-state index is 11.5. The van der Waals surface area contributed by atoms with Crippen molar-refractivity contribution >= 4 is 6.09 Å². The topological polar surface area (TPSA) is 41.6 Å². The van der Waals surface area contributed by atoms with E-state index in [1.54, 1.807) is 4.90 Å². The summed E-state index contributed by atoms with van der Waals surface area (Å²) in [4.78, 5) is 13.2. The Morgan fingerprint density at radius 2 is 1.73 bits per heavy atom. The fraction of sp³-hybridized carbons (Fsp3) is 0.909. The number of amides is 1. The van der Waals surface area contributed by atoms with E-state index in [0.717, 1.165) is 26.2 Å². The van der Waals surface area contributed by atoms with Crippen molar-refractivity contribution in [1.29, 1.82) is 0 Å². The van der Waals surface area contributed by atoms with Crippen molar-refractivity contribution < 1.29 is 11.0 Å². The number of rotatable bonds is 0. The summed E-state index contributed by atoms with van der Waals surface area (Å²) < 4.78 is 5.24. The second-order valence-corrected chi connectivity index (χ2v) is 4.22. The van der Waals surface area contributed by atoms with E-state index in [1.807, 2.05) is 34.6 Å². The lowest BCUT2D eigenvalue weighted by atomic mass is 10.2. The Balaban J connectivity index is 0. The predicted molar refractivity (Wildman–Crippen MR) is 64.1 cm³/mol. The van der Waals surface area contributed by atoms with Gasteiger partial charge >= 0.3 is 6.09 Å². The zero-order valence-electron chi connectivity index (χ0n) is 10.6. The molecule has 0 radical (unpaired) electrons. The molecule has 0 aromatic heterocycles. The summed E-state index contributed by atoms with van der Waals surface area (Å²) in [6.07, 6.45) is -0.200. The van der Waals surface area contributed by atoms with Crippen LogP contribution in [-0.2, 0) is 4.74 Å². The summed E-state index contributed by atoms with van der Waals surface area (Å²) >= 11 is 0. The first-order valence-electron chi connectivity index (χ1n) is 5.68. The summed E-state index contributed by atoms with van der Waals surface area (Å²) in [5.74, 6) is 0. The molecule has 1 aliphatic rings. The van der Waals surface area contributed by atoms with Crippen LogP contribution in [0.2, 0.25) is 0 Å². The molecule has 1 rings (SSSR count). The second-order valence-electron chi connectivity index (χ2n) is 4.22. The molecular weight excluding hydrogens is 192 g/mol. The van der Waals surface area contributed by atoms with E-state index in [-0.39, 0.29) is 13.1 Å². The maximum atomic E-state index is 11.5. The highest BCUT2D eigenvalue weighted by atomic mass is 16.6. The number of carbonyl (C=O) groups excluding carboxylic acids is 1. The van der Waals surface area contributed by atoms with Gasteiger partial charge in [-0.25, -0.2) is 4.79 Å². The standard InChI is InChI=1S/C9H18N2O2.C2H6.H2/c1-9(2,3)13-8(12)11-6-4-10-5-7-11;1-2;/h10H,4-7H2,1-3H3;1-2H3;1H. The molecule has 1 heterocycles. The van der Waals surface area contributed by atoms with Crippen LogP contribution in [0.15, 0.2) is 0 Å². The number of hydrogen-bond acceptors (Lipinski definition) is 3. The highest BCUT2D eigenvalue weighted by Crippen LogP contribution is 2.09. The Bertz CT molecular complexity index is 187. The molecule has 1 fully saturated rings. The number of nitrogens with one attached hydrogen (secondary N) is 1. The monoisotopic (exact) mass is 218 g/mol. The van der Waals surface area contributed by atoms with Gasteiger partial charge in [-0.05, 0) is 20.8 Å². The molecule has 1 amide bonds. The Morgan fingerprint density at radius 1 is 1.27 bits per heavy atom. The van der Waals surface area contributed by atoms with Crippen LogP contribution in [0, 0.1) is 0 Å². The van der Waals surface area contributed by atoms with E-state index in [2.05, 4.69) is 5.32 Å². The molecule has 92 valence electrons. The smallest absolute Gasteiger partial charge is 0.410 e. The van der Waals surface area contributed by atoms with Crippen LogP contribution in [-0.4, -0.2) is 42.8 Å². The fourth-order valence-corrected chi connectivity index (χ4v) is 1.17. The molecule has 0 atom stereocenters. The van der Waals surface area contributed by atoms with E-state index in [4.69, 9.17) is 4.74 Å². The van der Waals surface area contributed by atoms with Gasteiger partial charge in [-0.1, -0.05) is 13.8 Å². The molecule has 1 saturated heterocycles. The number of ether oxygens (including phenoxy) is 1. The predicted octanol–water partition coefficient (Wildman–Crippen LogP) is 2.10. The third-order valence-electron chi connectivity index (χ3n) is 1.77. The number of carbonyl (C=O) groups is 1. The Morgan fingerprint density at radius 3 is 2.13 bits per heavy atom. The third-order valence-corrected chi connectivity index (χ3v) is 1.77. The van der Waals surface area contributed by atoms with Gasteiger partial charge in [-0.2, -0.15) is 0 Å². The molecule has 0 aromatic carbocycles. The molecule has 0 saturated carbocycles. The SMILES string of the molecule is CC.CC(C)(C)OC(=O)N1CCNCC1.[HH]. The van der Waals surface area contributed by atoms with Crippen molar-refractivity contribution in [2.75, 3.05) is 26.2 Å². The molecule has 0 unspecified atom stereocenters. The van der Waals surface area contributed by atoms with Gasteiger partial charge in [0.15, 0.2) is 0 Å². The molecule has 4 heteroatoms. The molecule has 0 bridgehead atoms. The Hall–Kier alpha value is -0.770. The first kappa shape index (κ1) is 14.2. The molecule has 0 aromatic rings. The van der Waals surface area contributed by atoms with Crippen molar-refractivity contribution in [3.05, 3.63) is 0 Å². The van der Waals surface area contributed by atoms with Crippen LogP contribution in [0.5, 0.6) is 0 Å². The lowest BCUT2D eigenvalue weighted by molar-refractivity contribution is 0.0229. The third kappa shape index (κ3) is 6.33. The van der Waals surface area contributed by atoms with Gasteiger partial charge in [-0.15, -0.1) is 0 Å². The lowest BCUT2D eigenvalue weighted by Crippen LogP contribution is -2.48. The highest BCUT2D eigenvalue weighted by Gasteiger charge is 2.22. The zero-order chi connectivity index (χ0) is 11.9. The molecule has 15 heavy (non-hydrogen) atoms. The summed E-state index contributed by atoms with van der Waals surface area (Å²) in [6, 6.07) is 0. The van der Waals surface area contributed by atoms with E-state index in [0.29, 0.717) is 0 Å². The van der Waals surface area contributed by atoms with Gasteiger partial charge in [-0.3, -0.25) is 0 Å². The second kappa shape index (κ2) is 6.67. The Labute approximate surface area is 94.5 Å². The molecule has 0 aliphatic carbocycles. The molecular formula is C11H26N2O2. The van der Waals surface area contributed by atoms with Gasteiger partial charge in [0.2, 0.25) is 0 Å². The summed E-state index contributed by atoms with van der Waals surface area (Å²) in [5.41, 5.74) is -0.387. The van der Waals surface area contributed by atoms with Crippen molar-refractivity contribution in [2.24, 2.45) is 0 Å². The van der Waals surface area contributed by atoms with Gasteiger partial charge in [0, 0.05) is 27.6 Å². The minimum absolute atomic E-state index is 0. The zero-order valence-corrected chi connectivity index (χ0v) is 10.6. The van der Waals surface area contributed by atoms with Crippen LogP contribution in [0.3, 0.4) is 0 Å². The summed E-state index contributed by atoms with van der Waals surface area (Å²) in [5, 5.41) is 3.18. The Kier molecular flexibility index (Phi) is 6.32. The van der Waals surface area contributed by atoms with Crippen LogP contribution in [0.4, 0.5) is 4.79 Å². The van der Waals surface area contributed by atoms with Crippen molar-refractivity contribution in [2.45, 2.75) is 40.2 Å².